The summed E-state index contributed by atoms with van der Waals surface area (Å²) in [6, 6.07) is 3.44. The maximum absolute atomic E-state index is 12.8. The lowest BCUT2D eigenvalue weighted by molar-refractivity contribution is -0.138. The fourth-order valence-electron chi connectivity index (χ4n) is 3.30. The van der Waals surface area contributed by atoms with Crippen molar-refractivity contribution in [3.8, 4) is 0 Å². The van der Waals surface area contributed by atoms with Crippen LogP contribution in [0.25, 0.3) is 0 Å². The standard InChI is InChI=1S/C19H25ClN2O4/c1-5-6-14(25-3)11-22-12(2)18(19(24)26-4)15(9-17(22)23)13-7-8-16(20)21-10-13/h7-8,10,14-15H,5-6,9,11H2,1-4H3/t14-,15+/m0/s1. The molecule has 0 saturated carbocycles. The van der Waals surface area contributed by atoms with Crippen molar-refractivity contribution in [2.75, 3.05) is 20.8 Å². The third kappa shape index (κ3) is 4.43. The van der Waals surface area contributed by atoms with Gasteiger partial charge >= 0.3 is 5.97 Å². The number of pyridine rings is 1. The van der Waals surface area contributed by atoms with Crippen molar-refractivity contribution in [3.05, 3.63) is 40.3 Å². The number of halogens is 1. The Kier molecular flexibility index (Phi) is 7.17. The second kappa shape index (κ2) is 9.14. The fourth-order valence-corrected chi connectivity index (χ4v) is 3.41. The number of hydrogen-bond donors (Lipinski definition) is 0. The highest BCUT2D eigenvalue weighted by atomic mass is 35.5. The van der Waals surface area contributed by atoms with Crippen LogP contribution < -0.4 is 0 Å². The maximum Gasteiger partial charge on any atom is 0.336 e. The molecule has 2 heterocycles. The van der Waals surface area contributed by atoms with Gasteiger partial charge in [0.2, 0.25) is 5.91 Å². The molecule has 6 nitrogen and oxygen atoms in total. The molecule has 2 rings (SSSR count). The molecule has 142 valence electrons. The zero-order valence-electron chi connectivity index (χ0n) is 15.6. The number of esters is 1. The summed E-state index contributed by atoms with van der Waals surface area (Å²) in [6.45, 7) is 4.26. The van der Waals surface area contributed by atoms with Gasteiger partial charge in [0, 0.05) is 31.3 Å². The first-order chi connectivity index (χ1) is 12.4. The molecule has 26 heavy (non-hydrogen) atoms. The number of methoxy groups -OCH3 is 2. The molecule has 1 aromatic rings. The third-order valence-corrected chi connectivity index (χ3v) is 4.93. The van der Waals surface area contributed by atoms with Crippen LogP contribution in [0.4, 0.5) is 0 Å². The van der Waals surface area contributed by atoms with E-state index in [1.807, 2.05) is 0 Å². The molecule has 7 heteroatoms. The third-order valence-electron chi connectivity index (χ3n) is 4.71. The number of nitrogens with zero attached hydrogens (tertiary/aromatic N) is 2. The molecule has 1 aliphatic heterocycles. The molecule has 0 bridgehead atoms. The number of allylic oxidation sites excluding steroid dienone is 1. The van der Waals surface area contributed by atoms with Crippen LogP contribution in [-0.2, 0) is 19.1 Å². The molecule has 0 saturated heterocycles. The number of amides is 1. The molecule has 2 atom stereocenters. The molecule has 0 N–H and O–H groups in total. The zero-order valence-corrected chi connectivity index (χ0v) is 16.4. The van der Waals surface area contributed by atoms with Gasteiger partial charge in [-0.05, 0) is 25.0 Å². The van der Waals surface area contributed by atoms with Gasteiger partial charge in [-0.15, -0.1) is 0 Å². The molecule has 0 aromatic carbocycles. The molecule has 0 unspecified atom stereocenters. The lowest BCUT2D eigenvalue weighted by Gasteiger charge is -2.35. The minimum Gasteiger partial charge on any atom is -0.466 e. The van der Waals surface area contributed by atoms with Crippen molar-refractivity contribution < 1.29 is 19.1 Å². The lowest BCUT2D eigenvalue weighted by atomic mass is 9.84. The number of rotatable bonds is 7. The summed E-state index contributed by atoms with van der Waals surface area (Å²) in [5.74, 6) is -0.888. The Labute approximate surface area is 159 Å². The van der Waals surface area contributed by atoms with E-state index in [4.69, 9.17) is 21.1 Å². The normalized spacial score (nSPS) is 18.9. The van der Waals surface area contributed by atoms with E-state index >= 15 is 0 Å². The second-order valence-corrected chi connectivity index (χ2v) is 6.70. The van der Waals surface area contributed by atoms with Crippen LogP contribution in [0.2, 0.25) is 5.15 Å². The van der Waals surface area contributed by atoms with Crippen LogP contribution in [0.1, 0.15) is 44.6 Å². The SMILES string of the molecule is CCC[C@@H](CN1C(=O)C[C@H](c2ccc(Cl)nc2)C(C(=O)OC)=C1C)OC. The van der Waals surface area contributed by atoms with E-state index in [-0.39, 0.29) is 18.4 Å². The topological polar surface area (TPSA) is 68.7 Å². The quantitative estimate of drug-likeness (QED) is 0.536. The van der Waals surface area contributed by atoms with E-state index in [0.29, 0.717) is 23.0 Å². The predicted molar refractivity (Wildman–Crippen MR) is 98.7 cm³/mol. The lowest BCUT2D eigenvalue weighted by Crippen LogP contribution is -2.42. The molecule has 0 radical (unpaired) electrons. The minimum absolute atomic E-state index is 0.0479. The summed E-state index contributed by atoms with van der Waals surface area (Å²) in [5, 5.41) is 0.361. The van der Waals surface area contributed by atoms with E-state index in [9.17, 15) is 9.59 Å². The van der Waals surface area contributed by atoms with Gasteiger partial charge in [-0.1, -0.05) is 31.0 Å². The molecule has 0 spiro atoms. The number of aromatic nitrogens is 1. The van der Waals surface area contributed by atoms with Gasteiger partial charge in [-0.2, -0.15) is 0 Å². The average Bonchev–Trinajstić information content (AvgIpc) is 2.63. The second-order valence-electron chi connectivity index (χ2n) is 6.31. The van der Waals surface area contributed by atoms with Gasteiger partial charge < -0.3 is 14.4 Å². The Morgan fingerprint density at radius 1 is 1.42 bits per heavy atom. The largest absolute Gasteiger partial charge is 0.466 e. The molecule has 1 aliphatic rings. The van der Waals surface area contributed by atoms with Crippen molar-refractivity contribution in [2.45, 2.75) is 45.1 Å². The van der Waals surface area contributed by atoms with Crippen LogP contribution in [0.5, 0.6) is 0 Å². The average molecular weight is 381 g/mol. The molecule has 1 aromatic heterocycles. The Morgan fingerprint density at radius 2 is 2.15 bits per heavy atom. The van der Waals surface area contributed by atoms with E-state index in [2.05, 4.69) is 11.9 Å². The molecular formula is C19H25ClN2O4. The number of hydrogen-bond acceptors (Lipinski definition) is 5. The minimum atomic E-state index is -0.440. The van der Waals surface area contributed by atoms with E-state index in [1.165, 1.54) is 7.11 Å². The smallest absolute Gasteiger partial charge is 0.336 e. The van der Waals surface area contributed by atoms with Crippen LogP contribution in [-0.4, -0.2) is 48.6 Å². The monoisotopic (exact) mass is 380 g/mol. The highest BCUT2D eigenvalue weighted by molar-refractivity contribution is 6.29. The highest BCUT2D eigenvalue weighted by Gasteiger charge is 2.37. The Hall–Kier alpha value is -1.92. The van der Waals surface area contributed by atoms with Gasteiger partial charge in [0.1, 0.15) is 5.15 Å². The number of ether oxygens (including phenoxy) is 2. The number of carbonyl (C=O) groups is 2. The number of carbonyl (C=O) groups excluding carboxylic acids is 2. The Bertz CT molecular complexity index is 687. The van der Waals surface area contributed by atoms with Gasteiger partial charge in [-0.3, -0.25) is 4.79 Å². The van der Waals surface area contributed by atoms with Gasteiger partial charge in [-0.25, -0.2) is 9.78 Å². The first kappa shape index (κ1) is 20.4. The van der Waals surface area contributed by atoms with Crippen molar-refractivity contribution in [1.82, 2.24) is 9.88 Å². The van der Waals surface area contributed by atoms with Crippen molar-refractivity contribution >= 4 is 23.5 Å². The zero-order chi connectivity index (χ0) is 19.3. The molecule has 0 aliphatic carbocycles. The van der Waals surface area contributed by atoms with Gasteiger partial charge in [0.05, 0.1) is 25.3 Å². The van der Waals surface area contributed by atoms with Crippen LogP contribution in [0.3, 0.4) is 0 Å². The molecular weight excluding hydrogens is 356 g/mol. The van der Waals surface area contributed by atoms with Gasteiger partial charge in [0.15, 0.2) is 0 Å². The maximum atomic E-state index is 12.8. The van der Waals surface area contributed by atoms with Crippen molar-refractivity contribution in [2.24, 2.45) is 0 Å². The Balaban J connectivity index is 2.42. The van der Waals surface area contributed by atoms with E-state index < -0.39 is 11.9 Å². The van der Waals surface area contributed by atoms with Crippen molar-refractivity contribution in [1.29, 1.82) is 0 Å². The highest BCUT2D eigenvalue weighted by Crippen LogP contribution is 2.37. The van der Waals surface area contributed by atoms with Crippen molar-refractivity contribution in [3.63, 3.8) is 0 Å². The summed E-state index contributed by atoms with van der Waals surface area (Å²) >= 11 is 5.86. The van der Waals surface area contributed by atoms with Crippen LogP contribution in [0.15, 0.2) is 29.6 Å². The predicted octanol–water partition coefficient (Wildman–Crippen LogP) is 3.31. The summed E-state index contributed by atoms with van der Waals surface area (Å²) in [6.07, 6.45) is 3.48. The first-order valence-electron chi connectivity index (χ1n) is 8.66. The summed E-state index contributed by atoms with van der Waals surface area (Å²) in [5.41, 5.74) is 1.84. The molecule has 0 fully saturated rings. The fraction of sp³-hybridized carbons (Fsp3) is 0.526. The van der Waals surface area contributed by atoms with Crippen LogP contribution >= 0.6 is 11.6 Å². The molecule has 1 amide bonds. The van der Waals surface area contributed by atoms with E-state index in [0.717, 1.165) is 18.4 Å². The Morgan fingerprint density at radius 3 is 2.69 bits per heavy atom. The van der Waals surface area contributed by atoms with Gasteiger partial charge in [0.25, 0.3) is 0 Å². The first-order valence-corrected chi connectivity index (χ1v) is 9.04. The van der Waals surface area contributed by atoms with E-state index in [1.54, 1.807) is 37.3 Å². The van der Waals surface area contributed by atoms with Crippen LogP contribution in [0, 0.1) is 0 Å². The summed E-state index contributed by atoms with van der Waals surface area (Å²) in [4.78, 5) is 31.0. The summed E-state index contributed by atoms with van der Waals surface area (Å²) in [7, 11) is 2.98. The summed E-state index contributed by atoms with van der Waals surface area (Å²) < 4.78 is 10.5.